The number of sulfonamides is 1. The van der Waals surface area contributed by atoms with E-state index in [1.807, 2.05) is 24.3 Å². The minimum Gasteiger partial charge on any atom is -0.369 e. The molecule has 1 aliphatic rings. The summed E-state index contributed by atoms with van der Waals surface area (Å²) in [5.74, 6) is -0.393. The highest BCUT2D eigenvalue weighted by Crippen LogP contribution is 2.36. The maximum atomic E-state index is 12.7. The smallest absolute Gasteiger partial charge is 0.269 e. The van der Waals surface area contributed by atoms with Gasteiger partial charge in [0.25, 0.3) is 5.91 Å². The third-order valence-electron chi connectivity index (χ3n) is 5.22. The zero-order chi connectivity index (χ0) is 23.8. The molecule has 33 heavy (non-hydrogen) atoms. The number of nitrogens with zero attached hydrogens (tertiary/aromatic N) is 2. The third kappa shape index (κ3) is 5.59. The molecule has 2 N–H and O–H groups in total. The van der Waals surface area contributed by atoms with E-state index in [-0.39, 0.29) is 5.11 Å². The number of carbonyl (C=O) groups excluding carboxylic acids is 1. The zero-order valence-electron chi connectivity index (χ0n) is 17.5. The third-order valence-corrected chi connectivity index (χ3v) is 8.62. The molecule has 174 valence electrons. The van der Waals surface area contributed by atoms with E-state index in [1.54, 1.807) is 18.2 Å². The first-order valence-electron chi connectivity index (χ1n) is 9.92. The van der Waals surface area contributed by atoms with Crippen LogP contribution in [0.1, 0.15) is 9.67 Å². The molecule has 0 saturated carbocycles. The number of halogens is 2. The van der Waals surface area contributed by atoms with E-state index >= 15 is 0 Å². The lowest BCUT2D eigenvalue weighted by molar-refractivity contribution is 0.0982. The largest absolute Gasteiger partial charge is 0.369 e. The number of hydrogen-bond acceptors (Lipinski definition) is 6. The molecular weight excluding hydrogens is 523 g/mol. The molecule has 2 aromatic carbocycles. The summed E-state index contributed by atoms with van der Waals surface area (Å²) in [6.07, 6.45) is 1.23. The lowest BCUT2D eigenvalue weighted by Gasteiger charge is -2.34. The van der Waals surface area contributed by atoms with Crippen molar-refractivity contribution in [2.75, 3.05) is 42.7 Å². The van der Waals surface area contributed by atoms with Gasteiger partial charge in [0.05, 0.1) is 11.3 Å². The van der Waals surface area contributed by atoms with Crippen molar-refractivity contribution in [2.24, 2.45) is 0 Å². The first-order chi connectivity index (χ1) is 15.6. The van der Waals surface area contributed by atoms with Crippen molar-refractivity contribution in [3.63, 3.8) is 0 Å². The Morgan fingerprint density at radius 1 is 1.06 bits per heavy atom. The summed E-state index contributed by atoms with van der Waals surface area (Å²) in [5.41, 5.74) is 1.70. The second-order valence-electron chi connectivity index (χ2n) is 7.49. The van der Waals surface area contributed by atoms with Crippen LogP contribution in [0, 0.1) is 0 Å². The molecule has 1 amide bonds. The second-order valence-corrected chi connectivity index (χ2v) is 11.7. The van der Waals surface area contributed by atoms with Crippen molar-refractivity contribution in [3.8, 4) is 0 Å². The van der Waals surface area contributed by atoms with Gasteiger partial charge < -0.3 is 10.2 Å². The van der Waals surface area contributed by atoms with Gasteiger partial charge in [0.15, 0.2) is 5.11 Å². The van der Waals surface area contributed by atoms with Gasteiger partial charge in [-0.3, -0.25) is 10.1 Å². The van der Waals surface area contributed by atoms with Crippen molar-refractivity contribution in [1.29, 1.82) is 0 Å². The maximum Gasteiger partial charge on any atom is 0.269 e. The normalized spacial score (nSPS) is 14.9. The quantitative estimate of drug-likeness (QED) is 0.475. The molecule has 0 atom stereocenters. The number of fused-ring (bicyclic) bond motifs is 1. The molecule has 12 heteroatoms. The average Bonchev–Trinajstić information content (AvgIpc) is 3.09. The molecule has 1 aliphatic heterocycles. The Bertz CT molecular complexity index is 1320. The van der Waals surface area contributed by atoms with Crippen LogP contribution in [0.2, 0.25) is 10.0 Å². The minimum atomic E-state index is -3.16. The van der Waals surface area contributed by atoms with Gasteiger partial charge in [-0.25, -0.2) is 8.42 Å². The number of thiophene rings is 1. The standard InChI is InChI=1S/C21H20Cl2N4O3S3/c1-33(29,30)27-10-8-26(9-11-27)15-5-3-14(4-6-15)24-21(31)25-20(28)19-18(23)16-7-2-13(22)12-17(16)32-19/h2-7,12H,8-11H2,1H3,(H2,24,25,28,31). The van der Waals surface area contributed by atoms with E-state index in [9.17, 15) is 13.2 Å². The predicted molar refractivity (Wildman–Crippen MR) is 141 cm³/mol. The molecule has 3 aromatic rings. The predicted octanol–water partition coefficient (Wildman–Crippen LogP) is 4.42. The maximum absolute atomic E-state index is 12.7. The van der Waals surface area contributed by atoms with Crippen LogP contribution >= 0.6 is 46.8 Å². The van der Waals surface area contributed by atoms with Crippen molar-refractivity contribution < 1.29 is 13.2 Å². The van der Waals surface area contributed by atoms with Gasteiger partial charge in [-0.15, -0.1) is 11.3 Å². The van der Waals surface area contributed by atoms with Crippen LogP contribution in [-0.2, 0) is 10.0 Å². The van der Waals surface area contributed by atoms with E-state index in [0.717, 1.165) is 15.8 Å². The molecule has 4 rings (SSSR count). The lowest BCUT2D eigenvalue weighted by Crippen LogP contribution is -2.48. The molecule has 7 nitrogen and oxygen atoms in total. The molecule has 0 unspecified atom stereocenters. The fourth-order valence-electron chi connectivity index (χ4n) is 3.54. The Morgan fingerprint density at radius 2 is 1.73 bits per heavy atom. The van der Waals surface area contributed by atoms with Crippen LogP contribution in [0.5, 0.6) is 0 Å². The minimum absolute atomic E-state index is 0.154. The fraction of sp³-hybridized carbons (Fsp3) is 0.238. The molecule has 2 heterocycles. The summed E-state index contributed by atoms with van der Waals surface area (Å²) in [6, 6.07) is 12.8. The van der Waals surface area contributed by atoms with E-state index in [0.29, 0.717) is 46.8 Å². The molecule has 0 radical (unpaired) electrons. The summed E-state index contributed by atoms with van der Waals surface area (Å²) in [7, 11) is -3.16. The summed E-state index contributed by atoms with van der Waals surface area (Å²) >= 11 is 18.9. The van der Waals surface area contributed by atoms with Crippen molar-refractivity contribution >= 4 is 89.3 Å². The Balaban J connectivity index is 1.35. The number of nitrogens with one attached hydrogen (secondary N) is 2. The summed E-state index contributed by atoms with van der Waals surface area (Å²) in [5, 5.41) is 7.52. The van der Waals surface area contributed by atoms with Crippen LogP contribution in [0.4, 0.5) is 11.4 Å². The number of rotatable bonds is 4. The van der Waals surface area contributed by atoms with E-state index in [1.165, 1.54) is 21.9 Å². The highest BCUT2D eigenvalue weighted by atomic mass is 35.5. The Morgan fingerprint density at radius 3 is 2.36 bits per heavy atom. The number of benzene rings is 2. The highest BCUT2D eigenvalue weighted by molar-refractivity contribution is 7.88. The number of thiocarbonyl (C=S) groups is 1. The molecule has 0 spiro atoms. The van der Waals surface area contributed by atoms with Crippen LogP contribution in [0.3, 0.4) is 0 Å². The Kier molecular flexibility index (Phi) is 7.13. The number of amides is 1. The molecule has 0 bridgehead atoms. The van der Waals surface area contributed by atoms with Crippen LogP contribution in [-0.4, -0.2) is 56.2 Å². The molecule has 1 saturated heterocycles. The van der Waals surface area contributed by atoms with Crippen molar-refractivity contribution in [3.05, 3.63) is 57.4 Å². The first kappa shape index (κ1) is 24.2. The topological polar surface area (TPSA) is 81.8 Å². The van der Waals surface area contributed by atoms with E-state index in [2.05, 4.69) is 15.5 Å². The summed E-state index contributed by atoms with van der Waals surface area (Å²) in [6.45, 7) is 2.16. The van der Waals surface area contributed by atoms with Gasteiger partial charge in [0.2, 0.25) is 10.0 Å². The Hall–Kier alpha value is -1.95. The lowest BCUT2D eigenvalue weighted by atomic mass is 10.2. The van der Waals surface area contributed by atoms with Crippen LogP contribution in [0.15, 0.2) is 42.5 Å². The van der Waals surface area contributed by atoms with Gasteiger partial charge in [0, 0.05) is 52.7 Å². The SMILES string of the molecule is CS(=O)(=O)N1CCN(c2ccc(NC(=S)NC(=O)c3sc4cc(Cl)ccc4c3Cl)cc2)CC1. The summed E-state index contributed by atoms with van der Waals surface area (Å²) in [4.78, 5) is 15.2. The van der Waals surface area contributed by atoms with Gasteiger partial charge in [-0.2, -0.15) is 4.31 Å². The zero-order valence-corrected chi connectivity index (χ0v) is 21.4. The summed E-state index contributed by atoms with van der Waals surface area (Å²) < 4.78 is 25.6. The fourth-order valence-corrected chi connectivity index (χ4v) is 6.27. The van der Waals surface area contributed by atoms with Gasteiger partial charge in [0.1, 0.15) is 4.88 Å². The van der Waals surface area contributed by atoms with Crippen molar-refractivity contribution in [1.82, 2.24) is 9.62 Å². The monoisotopic (exact) mass is 542 g/mol. The van der Waals surface area contributed by atoms with E-state index in [4.69, 9.17) is 35.4 Å². The van der Waals surface area contributed by atoms with E-state index < -0.39 is 15.9 Å². The van der Waals surface area contributed by atoms with Gasteiger partial charge in [-0.05, 0) is 48.6 Å². The van der Waals surface area contributed by atoms with Crippen LogP contribution in [0.25, 0.3) is 10.1 Å². The Labute approximate surface area is 211 Å². The second kappa shape index (κ2) is 9.73. The van der Waals surface area contributed by atoms with Crippen LogP contribution < -0.4 is 15.5 Å². The first-order valence-corrected chi connectivity index (χ1v) is 13.7. The highest BCUT2D eigenvalue weighted by Gasteiger charge is 2.23. The van der Waals surface area contributed by atoms with Gasteiger partial charge in [-0.1, -0.05) is 29.3 Å². The molecular formula is C21H20Cl2N4O3S3. The molecule has 1 aromatic heterocycles. The number of carbonyl (C=O) groups is 1. The van der Waals surface area contributed by atoms with Gasteiger partial charge >= 0.3 is 0 Å². The molecule has 1 fully saturated rings. The number of piperazine rings is 1. The average molecular weight is 544 g/mol. The number of hydrogen-bond donors (Lipinski definition) is 2. The number of anilines is 2. The van der Waals surface area contributed by atoms with Crippen molar-refractivity contribution in [2.45, 2.75) is 0 Å². The molecule has 0 aliphatic carbocycles.